The summed E-state index contributed by atoms with van der Waals surface area (Å²) < 4.78 is 0. The topological polar surface area (TPSA) is 16.1 Å². The molecule has 0 aliphatic carbocycles. The normalized spacial score (nSPS) is 25.1. The van der Waals surface area contributed by atoms with Crippen molar-refractivity contribution >= 4 is 17.4 Å². The van der Waals surface area contributed by atoms with E-state index in [-0.39, 0.29) is 0 Å². The van der Waals surface area contributed by atoms with E-state index < -0.39 is 0 Å². The molecule has 1 aliphatic rings. The van der Waals surface area contributed by atoms with E-state index >= 15 is 0 Å². The summed E-state index contributed by atoms with van der Waals surface area (Å²) in [7, 11) is 0. The first-order valence-corrected chi connectivity index (χ1v) is 6.96. The Morgan fingerprint density at radius 2 is 2.18 bits per heavy atom. The maximum absolute atomic E-state index is 5.87. The molecule has 3 heteroatoms. The fourth-order valence-electron chi connectivity index (χ4n) is 2.54. The van der Waals surface area contributed by atoms with Crippen LogP contribution in [0.25, 0.3) is 0 Å². The molecule has 2 nitrogen and oxygen atoms in total. The molecule has 2 heterocycles. The first-order chi connectivity index (χ1) is 8.13. The van der Waals surface area contributed by atoms with Gasteiger partial charge in [-0.15, -0.1) is 11.6 Å². The Hall–Kier alpha value is -0.760. The second kappa shape index (κ2) is 5.26. The van der Waals surface area contributed by atoms with Gasteiger partial charge in [0.05, 0.1) is 0 Å². The second-order valence-electron chi connectivity index (χ2n) is 5.10. The summed E-state index contributed by atoms with van der Waals surface area (Å²) in [5, 5.41) is 0. The van der Waals surface area contributed by atoms with Crippen molar-refractivity contribution in [3.63, 3.8) is 0 Å². The third kappa shape index (κ3) is 2.57. The average Bonchev–Trinajstić information content (AvgIpc) is 2.32. The molecule has 0 N–H and O–H groups in total. The van der Waals surface area contributed by atoms with E-state index in [9.17, 15) is 0 Å². The van der Waals surface area contributed by atoms with Crippen LogP contribution in [0.3, 0.4) is 0 Å². The van der Waals surface area contributed by atoms with E-state index in [0.29, 0.717) is 11.9 Å². The quantitative estimate of drug-likeness (QED) is 0.746. The molecule has 0 bridgehead atoms. The standard InChI is InChI=1S/C14H21ClN2/c1-10-5-4-8-17(12(10)3)14-7-6-13(9-15)11(2)16-14/h6-7,10,12H,4-5,8-9H2,1-3H3. The third-order valence-corrected chi connectivity index (χ3v) is 4.28. The van der Waals surface area contributed by atoms with Gasteiger partial charge in [0.1, 0.15) is 5.82 Å². The minimum Gasteiger partial charge on any atom is -0.354 e. The van der Waals surface area contributed by atoms with Crippen molar-refractivity contribution in [2.75, 3.05) is 11.4 Å². The van der Waals surface area contributed by atoms with Crippen molar-refractivity contribution in [2.24, 2.45) is 5.92 Å². The van der Waals surface area contributed by atoms with Crippen LogP contribution >= 0.6 is 11.6 Å². The fourth-order valence-corrected chi connectivity index (χ4v) is 2.82. The summed E-state index contributed by atoms with van der Waals surface area (Å²) in [5.74, 6) is 2.40. The number of hydrogen-bond acceptors (Lipinski definition) is 2. The van der Waals surface area contributed by atoms with Crippen molar-refractivity contribution in [3.8, 4) is 0 Å². The van der Waals surface area contributed by atoms with Crippen LogP contribution in [-0.4, -0.2) is 17.6 Å². The molecule has 0 spiro atoms. The number of rotatable bonds is 2. The molecule has 1 fully saturated rings. The van der Waals surface area contributed by atoms with Crippen LogP contribution in [0.4, 0.5) is 5.82 Å². The van der Waals surface area contributed by atoms with Crippen molar-refractivity contribution in [1.82, 2.24) is 4.98 Å². The number of piperidine rings is 1. The monoisotopic (exact) mass is 252 g/mol. The molecule has 2 unspecified atom stereocenters. The predicted molar refractivity (Wildman–Crippen MR) is 73.7 cm³/mol. The van der Waals surface area contributed by atoms with E-state index in [4.69, 9.17) is 16.6 Å². The summed E-state index contributed by atoms with van der Waals surface area (Å²) in [6, 6.07) is 4.80. The molecule has 2 rings (SSSR count). The average molecular weight is 253 g/mol. The number of anilines is 1. The molecule has 0 radical (unpaired) electrons. The summed E-state index contributed by atoms with van der Waals surface area (Å²) in [6.45, 7) is 7.80. The largest absolute Gasteiger partial charge is 0.354 e. The highest BCUT2D eigenvalue weighted by Crippen LogP contribution is 2.27. The molecule has 0 aromatic carbocycles. The van der Waals surface area contributed by atoms with Gasteiger partial charge in [0, 0.05) is 24.2 Å². The van der Waals surface area contributed by atoms with Gasteiger partial charge >= 0.3 is 0 Å². The molecule has 0 amide bonds. The number of alkyl halides is 1. The zero-order chi connectivity index (χ0) is 12.4. The fraction of sp³-hybridized carbons (Fsp3) is 0.643. The molecule has 1 aromatic heterocycles. The SMILES string of the molecule is Cc1nc(N2CCCC(C)C2C)ccc1CCl. The van der Waals surface area contributed by atoms with Gasteiger partial charge < -0.3 is 4.90 Å². The Balaban J connectivity index is 2.24. The summed E-state index contributed by atoms with van der Waals surface area (Å²) in [6.07, 6.45) is 2.60. The number of nitrogens with zero attached hydrogens (tertiary/aromatic N) is 2. The van der Waals surface area contributed by atoms with Gasteiger partial charge in [0.2, 0.25) is 0 Å². The second-order valence-corrected chi connectivity index (χ2v) is 5.37. The lowest BCUT2D eigenvalue weighted by Crippen LogP contribution is -2.43. The Labute approximate surface area is 109 Å². The number of halogens is 1. The Morgan fingerprint density at radius 1 is 1.41 bits per heavy atom. The van der Waals surface area contributed by atoms with Gasteiger partial charge in [0.15, 0.2) is 0 Å². The first-order valence-electron chi connectivity index (χ1n) is 6.42. The van der Waals surface area contributed by atoms with E-state index in [1.165, 1.54) is 12.8 Å². The van der Waals surface area contributed by atoms with Crippen LogP contribution in [0, 0.1) is 12.8 Å². The van der Waals surface area contributed by atoms with Crippen LogP contribution in [0.15, 0.2) is 12.1 Å². The van der Waals surface area contributed by atoms with Gasteiger partial charge in [-0.25, -0.2) is 4.98 Å². The molecule has 1 aliphatic heterocycles. The molecule has 1 saturated heterocycles. The van der Waals surface area contributed by atoms with E-state index in [2.05, 4.69) is 30.9 Å². The van der Waals surface area contributed by atoms with Crippen LogP contribution < -0.4 is 4.90 Å². The van der Waals surface area contributed by atoms with Crippen molar-refractivity contribution in [3.05, 3.63) is 23.4 Å². The minimum absolute atomic E-state index is 0.547. The van der Waals surface area contributed by atoms with Crippen molar-refractivity contribution in [1.29, 1.82) is 0 Å². The number of aryl methyl sites for hydroxylation is 1. The minimum atomic E-state index is 0.547. The molecule has 17 heavy (non-hydrogen) atoms. The lowest BCUT2D eigenvalue weighted by molar-refractivity contribution is 0.361. The number of hydrogen-bond donors (Lipinski definition) is 0. The highest BCUT2D eigenvalue weighted by molar-refractivity contribution is 6.17. The van der Waals surface area contributed by atoms with Crippen LogP contribution in [0.2, 0.25) is 0 Å². The predicted octanol–water partition coefficient (Wildman–Crippen LogP) is 3.75. The Kier molecular flexibility index (Phi) is 3.93. The molecule has 94 valence electrons. The maximum Gasteiger partial charge on any atom is 0.129 e. The molecular formula is C14H21ClN2. The first kappa shape index (κ1) is 12.7. The van der Waals surface area contributed by atoms with Crippen LogP contribution in [0.5, 0.6) is 0 Å². The zero-order valence-electron chi connectivity index (χ0n) is 10.9. The molecule has 0 saturated carbocycles. The molecular weight excluding hydrogens is 232 g/mol. The van der Waals surface area contributed by atoms with Gasteiger partial charge in [-0.3, -0.25) is 0 Å². The Bertz CT molecular complexity index is 392. The lowest BCUT2D eigenvalue weighted by Gasteiger charge is -2.39. The molecule has 1 aromatic rings. The van der Waals surface area contributed by atoms with E-state index in [1.807, 2.05) is 6.92 Å². The van der Waals surface area contributed by atoms with Gasteiger partial charge in [-0.05, 0) is 44.2 Å². The number of aromatic nitrogens is 1. The third-order valence-electron chi connectivity index (χ3n) is 3.99. The maximum atomic E-state index is 5.87. The molecule has 2 atom stereocenters. The van der Waals surface area contributed by atoms with Crippen LogP contribution in [-0.2, 0) is 5.88 Å². The Morgan fingerprint density at radius 3 is 2.82 bits per heavy atom. The van der Waals surface area contributed by atoms with Gasteiger partial charge in [-0.1, -0.05) is 13.0 Å². The van der Waals surface area contributed by atoms with Crippen LogP contribution in [0.1, 0.15) is 37.9 Å². The highest BCUT2D eigenvalue weighted by Gasteiger charge is 2.25. The van der Waals surface area contributed by atoms with Gasteiger partial charge in [-0.2, -0.15) is 0 Å². The van der Waals surface area contributed by atoms with Gasteiger partial charge in [0.25, 0.3) is 0 Å². The smallest absolute Gasteiger partial charge is 0.129 e. The highest BCUT2D eigenvalue weighted by atomic mass is 35.5. The van der Waals surface area contributed by atoms with Crippen molar-refractivity contribution in [2.45, 2.75) is 45.5 Å². The zero-order valence-corrected chi connectivity index (χ0v) is 11.7. The summed E-state index contributed by atoms with van der Waals surface area (Å²) in [4.78, 5) is 7.12. The van der Waals surface area contributed by atoms with E-state index in [0.717, 1.165) is 29.5 Å². The number of pyridine rings is 1. The lowest BCUT2D eigenvalue weighted by atomic mass is 9.92. The van der Waals surface area contributed by atoms with Crippen molar-refractivity contribution < 1.29 is 0 Å². The van der Waals surface area contributed by atoms with E-state index in [1.54, 1.807) is 0 Å². The summed E-state index contributed by atoms with van der Waals surface area (Å²) >= 11 is 5.87. The summed E-state index contributed by atoms with van der Waals surface area (Å²) in [5.41, 5.74) is 2.19.